The van der Waals surface area contributed by atoms with E-state index in [-0.39, 0.29) is 11.7 Å². The second-order valence-electron chi connectivity index (χ2n) is 4.43. The van der Waals surface area contributed by atoms with Crippen LogP contribution in [-0.4, -0.2) is 4.92 Å². The van der Waals surface area contributed by atoms with Gasteiger partial charge in [0.05, 0.1) is 9.40 Å². The zero-order chi connectivity index (χ0) is 15.6. The Morgan fingerprint density at radius 1 is 1.24 bits per heavy atom. The molecule has 5 nitrogen and oxygen atoms in total. The Morgan fingerprint density at radius 2 is 1.95 bits per heavy atom. The van der Waals surface area contributed by atoms with Crippen LogP contribution >= 0.6 is 31.9 Å². The molecule has 1 atom stereocenters. The summed E-state index contributed by atoms with van der Waals surface area (Å²) in [5.74, 6) is 0.930. The van der Waals surface area contributed by atoms with Gasteiger partial charge in [0.2, 0.25) is 0 Å². The summed E-state index contributed by atoms with van der Waals surface area (Å²) in [6.07, 6.45) is 0. The van der Waals surface area contributed by atoms with Crippen molar-refractivity contribution >= 4 is 37.5 Å². The van der Waals surface area contributed by atoms with Crippen molar-refractivity contribution in [2.75, 3.05) is 0 Å². The molecule has 2 rings (SSSR count). The fourth-order valence-corrected chi connectivity index (χ4v) is 2.69. The summed E-state index contributed by atoms with van der Waals surface area (Å²) < 4.78 is 6.76. The lowest BCUT2D eigenvalue weighted by molar-refractivity contribution is -0.385. The van der Waals surface area contributed by atoms with Gasteiger partial charge in [0, 0.05) is 12.1 Å². The van der Waals surface area contributed by atoms with Crippen LogP contribution in [0.2, 0.25) is 0 Å². The van der Waals surface area contributed by atoms with Crippen LogP contribution in [-0.2, 0) is 0 Å². The molecule has 2 N–H and O–H groups in total. The Morgan fingerprint density at radius 3 is 2.52 bits per heavy atom. The molecule has 0 heterocycles. The van der Waals surface area contributed by atoms with Gasteiger partial charge in [-0.15, -0.1) is 0 Å². The second kappa shape index (κ2) is 6.55. The van der Waals surface area contributed by atoms with Gasteiger partial charge < -0.3 is 10.5 Å². The average Bonchev–Trinajstić information content (AvgIpc) is 2.42. The quantitative estimate of drug-likeness (QED) is 0.567. The van der Waals surface area contributed by atoms with Gasteiger partial charge in [-0.25, -0.2) is 0 Å². The van der Waals surface area contributed by atoms with Crippen LogP contribution < -0.4 is 10.5 Å². The third-order valence-corrected chi connectivity index (χ3v) is 4.26. The number of hydrogen-bond donors (Lipinski definition) is 1. The molecular weight excluding hydrogens is 404 g/mol. The summed E-state index contributed by atoms with van der Waals surface area (Å²) in [6, 6.07) is 10.0. The van der Waals surface area contributed by atoms with E-state index in [1.54, 1.807) is 18.2 Å². The largest absolute Gasteiger partial charge is 0.455 e. The maximum atomic E-state index is 10.9. The highest BCUT2D eigenvalue weighted by atomic mass is 79.9. The van der Waals surface area contributed by atoms with Crippen LogP contribution in [0.5, 0.6) is 11.5 Å². The van der Waals surface area contributed by atoms with Gasteiger partial charge >= 0.3 is 0 Å². The van der Waals surface area contributed by atoms with Gasteiger partial charge in [-0.2, -0.15) is 0 Å². The minimum Gasteiger partial charge on any atom is -0.455 e. The lowest BCUT2D eigenvalue weighted by Gasteiger charge is -2.12. The summed E-state index contributed by atoms with van der Waals surface area (Å²) >= 11 is 6.61. The van der Waals surface area contributed by atoms with E-state index in [9.17, 15) is 10.1 Å². The van der Waals surface area contributed by atoms with E-state index >= 15 is 0 Å². The van der Waals surface area contributed by atoms with Gasteiger partial charge in [0.15, 0.2) is 0 Å². The SMILES string of the molecule is C[C@@H](N)c1ccc(Oc2cccc([N+](=O)[O-])c2Br)c(Br)c1. The normalized spacial score (nSPS) is 12.0. The third-order valence-electron chi connectivity index (χ3n) is 2.84. The lowest BCUT2D eigenvalue weighted by atomic mass is 10.1. The van der Waals surface area contributed by atoms with Crippen molar-refractivity contribution in [3.63, 3.8) is 0 Å². The highest BCUT2D eigenvalue weighted by Gasteiger charge is 2.17. The summed E-state index contributed by atoms with van der Waals surface area (Å²) in [6.45, 7) is 1.89. The van der Waals surface area contributed by atoms with E-state index in [4.69, 9.17) is 10.5 Å². The van der Waals surface area contributed by atoms with Crippen molar-refractivity contribution in [1.82, 2.24) is 0 Å². The molecule has 2 aromatic rings. The molecule has 0 unspecified atom stereocenters. The van der Waals surface area contributed by atoms with Gasteiger partial charge in [-0.05, 0) is 62.5 Å². The Bertz CT molecular complexity index is 690. The first-order valence-electron chi connectivity index (χ1n) is 6.06. The number of benzene rings is 2. The number of ether oxygens (including phenoxy) is 1. The van der Waals surface area contributed by atoms with E-state index in [0.717, 1.165) is 10.0 Å². The third kappa shape index (κ3) is 3.61. The number of rotatable bonds is 4. The Hall–Kier alpha value is -1.44. The number of hydrogen-bond acceptors (Lipinski definition) is 4. The maximum absolute atomic E-state index is 10.9. The number of nitrogens with two attached hydrogens (primary N) is 1. The van der Waals surface area contributed by atoms with E-state index in [1.807, 2.05) is 19.1 Å². The molecule has 0 aliphatic rings. The minimum absolute atomic E-state index is 0.0455. The van der Waals surface area contributed by atoms with E-state index in [2.05, 4.69) is 31.9 Å². The van der Waals surface area contributed by atoms with E-state index < -0.39 is 4.92 Å². The molecule has 21 heavy (non-hydrogen) atoms. The molecule has 0 aliphatic heterocycles. The van der Waals surface area contributed by atoms with Crippen molar-refractivity contribution in [3.8, 4) is 11.5 Å². The Labute approximate surface area is 138 Å². The van der Waals surface area contributed by atoms with Crippen LogP contribution in [0.25, 0.3) is 0 Å². The lowest BCUT2D eigenvalue weighted by Crippen LogP contribution is -2.04. The molecule has 0 fully saturated rings. The van der Waals surface area contributed by atoms with Crippen molar-refractivity contribution in [1.29, 1.82) is 0 Å². The van der Waals surface area contributed by atoms with Crippen molar-refractivity contribution in [2.24, 2.45) is 5.73 Å². The summed E-state index contributed by atoms with van der Waals surface area (Å²) in [5.41, 5.74) is 6.74. The molecule has 0 aromatic heterocycles. The Balaban J connectivity index is 2.35. The molecule has 0 radical (unpaired) electrons. The number of halogens is 2. The van der Waals surface area contributed by atoms with Gasteiger partial charge in [-0.3, -0.25) is 10.1 Å². The van der Waals surface area contributed by atoms with Crippen LogP contribution in [0.1, 0.15) is 18.5 Å². The van der Waals surface area contributed by atoms with Crippen LogP contribution in [0.3, 0.4) is 0 Å². The number of nitrogens with zero attached hydrogens (tertiary/aromatic N) is 1. The molecule has 0 saturated heterocycles. The van der Waals surface area contributed by atoms with E-state index in [1.165, 1.54) is 6.07 Å². The molecule has 0 spiro atoms. The molecule has 0 amide bonds. The second-order valence-corrected chi connectivity index (χ2v) is 6.07. The first kappa shape index (κ1) is 15.9. The standard InChI is InChI=1S/C14H12Br2N2O3/c1-8(17)9-5-6-12(10(15)7-9)21-13-4-2-3-11(14(13)16)18(19)20/h2-8H,17H2,1H3/t8-/m1/s1. The Kier molecular flexibility index (Phi) is 4.97. The molecular formula is C14H12Br2N2O3. The van der Waals surface area contributed by atoms with Crippen LogP contribution in [0.4, 0.5) is 5.69 Å². The molecule has 0 bridgehead atoms. The van der Waals surface area contributed by atoms with Gasteiger partial charge in [-0.1, -0.05) is 12.1 Å². The van der Waals surface area contributed by atoms with E-state index in [0.29, 0.717) is 16.0 Å². The highest BCUT2D eigenvalue weighted by Crippen LogP contribution is 2.38. The topological polar surface area (TPSA) is 78.4 Å². The fraction of sp³-hybridized carbons (Fsp3) is 0.143. The number of nitro benzene ring substituents is 1. The zero-order valence-corrected chi connectivity index (χ0v) is 14.2. The summed E-state index contributed by atoms with van der Waals surface area (Å²) in [7, 11) is 0. The molecule has 2 aromatic carbocycles. The van der Waals surface area contributed by atoms with Crippen LogP contribution in [0, 0.1) is 10.1 Å². The zero-order valence-electron chi connectivity index (χ0n) is 11.0. The van der Waals surface area contributed by atoms with Crippen molar-refractivity contribution in [2.45, 2.75) is 13.0 Å². The minimum atomic E-state index is -0.467. The molecule has 0 aliphatic carbocycles. The smallest absolute Gasteiger partial charge is 0.287 e. The maximum Gasteiger partial charge on any atom is 0.287 e. The van der Waals surface area contributed by atoms with Gasteiger partial charge in [0.1, 0.15) is 16.0 Å². The average molecular weight is 416 g/mol. The first-order valence-corrected chi connectivity index (χ1v) is 7.64. The fourth-order valence-electron chi connectivity index (χ4n) is 1.72. The van der Waals surface area contributed by atoms with Gasteiger partial charge in [0.25, 0.3) is 5.69 Å². The highest BCUT2D eigenvalue weighted by molar-refractivity contribution is 9.11. The summed E-state index contributed by atoms with van der Waals surface area (Å²) in [5, 5.41) is 10.9. The number of nitro groups is 1. The molecule has 110 valence electrons. The molecule has 0 saturated carbocycles. The first-order chi connectivity index (χ1) is 9.90. The van der Waals surface area contributed by atoms with Crippen molar-refractivity contribution in [3.05, 3.63) is 61.0 Å². The molecule has 7 heteroatoms. The monoisotopic (exact) mass is 414 g/mol. The predicted octanol–water partition coefficient (Wildman–Crippen LogP) is 4.93. The predicted molar refractivity (Wildman–Crippen MR) is 87.6 cm³/mol. The summed E-state index contributed by atoms with van der Waals surface area (Å²) in [4.78, 5) is 10.4. The van der Waals surface area contributed by atoms with Crippen LogP contribution in [0.15, 0.2) is 45.3 Å². The van der Waals surface area contributed by atoms with Crippen molar-refractivity contribution < 1.29 is 9.66 Å².